The Morgan fingerprint density at radius 2 is 1.76 bits per heavy atom. The van der Waals surface area contributed by atoms with Gasteiger partial charge in [0.05, 0.1) is 0 Å². The fraction of sp³-hybridized carbons (Fsp3) is 0.500. The van der Waals surface area contributed by atoms with Crippen molar-refractivity contribution in [3.63, 3.8) is 0 Å². The SMILES string of the molecule is CC.CC(C)CCNC(=O)Nc1ccccc1. The molecule has 0 fully saturated rings. The van der Waals surface area contributed by atoms with Gasteiger partial charge >= 0.3 is 6.03 Å². The van der Waals surface area contributed by atoms with Crippen molar-refractivity contribution in [2.45, 2.75) is 34.1 Å². The average Bonchev–Trinajstić information content (AvgIpc) is 2.32. The first-order valence-electron chi connectivity index (χ1n) is 6.28. The van der Waals surface area contributed by atoms with Gasteiger partial charge in [-0.15, -0.1) is 0 Å². The molecule has 2 N–H and O–H groups in total. The Balaban J connectivity index is 0.00000121. The lowest BCUT2D eigenvalue weighted by Crippen LogP contribution is -2.30. The number of rotatable bonds is 4. The molecule has 0 aliphatic heterocycles. The van der Waals surface area contributed by atoms with E-state index in [1.165, 1.54) is 0 Å². The molecule has 0 bridgehead atoms. The second-order valence-corrected chi connectivity index (χ2v) is 3.93. The van der Waals surface area contributed by atoms with E-state index in [1.807, 2.05) is 44.2 Å². The van der Waals surface area contributed by atoms with Gasteiger partial charge in [-0.1, -0.05) is 45.9 Å². The second-order valence-electron chi connectivity index (χ2n) is 3.93. The maximum atomic E-state index is 11.4. The number of carbonyl (C=O) groups is 1. The maximum Gasteiger partial charge on any atom is 0.319 e. The lowest BCUT2D eigenvalue weighted by molar-refractivity contribution is 0.251. The van der Waals surface area contributed by atoms with E-state index in [1.54, 1.807) is 0 Å². The van der Waals surface area contributed by atoms with E-state index < -0.39 is 0 Å². The third-order valence-corrected chi connectivity index (χ3v) is 2.04. The summed E-state index contributed by atoms with van der Waals surface area (Å²) in [6, 6.07) is 9.29. The number of para-hydroxylation sites is 1. The molecule has 0 saturated carbocycles. The average molecular weight is 236 g/mol. The van der Waals surface area contributed by atoms with E-state index in [4.69, 9.17) is 0 Å². The highest BCUT2D eigenvalue weighted by atomic mass is 16.2. The molecule has 1 rings (SSSR count). The van der Waals surface area contributed by atoms with Crippen LogP contribution in [0.25, 0.3) is 0 Å². The van der Waals surface area contributed by atoms with Gasteiger partial charge in [-0.25, -0.2) is 4.79 Å². The predicted molar refractivity (Wildman–Crippen MR) is 74.3 cm³/mol. The van der Waals surface area contributed by atoms with Crippen LogP contribution >= 0.6 is 0 Å². The molecule has 0 aliphatic carbocycles. The molecule has 1 aromatic rings. The summed E-state index contributed by atoms with van der Waals surface area (Å²) in [5.41, 5.74) is 0.819. The Bertz CT molecular complexity index is 296. The van der Waals surface area contributed by atoms with Crippen molar-refractivity contribution in [2.24, 2.45) is 5.92 Å². The van der Waals surface area contributed by atoms with Gasteiger partial charge in [0.15, 0.2) is 0 Å². The molecule has 0 aliphatic rings. The number of anilines is 1. The van der Waals surface area contributed by atoms with Crippen LogP contribution in [-0.4, -0.2) is 12.6 Å². The first-order valence-corrected chi connectivity index (χ1v) is 6.28. The standard InChI is InChI=1S/C12H18N2O.C2H6/c1-10(2)8-9-13-12(15)14-11-6-4-3-5-7-11;1-2/h3-7,10H,8-9H2,1-2H3,(H2,13,14,15);1-2H3. The van der Waals surface area contributed by atoms with E-state index in [9.17, 15) is 4.79 Å². The molecule has 3 heteroatoms. The van der Waals surface area contributed by atoms with E-state index in [2.05, 4.69) is 24.5 Å². The Hall–Kier alpha value is -1.51. The first-order chi connectivity index (χ1) is 8.18. The van der Waals surface area contributed by atoms with Crippen molar-refractivity contribution in [3.8, 4) is 0 Å². The van der Waals surface area contributed by atoms with Crippen LogP contribution in [0.2, 0.25) is 0 Å². The third kappa shape index (κ3) is 8.31. The fourth-order valence-electron chi connectivity index (χ4n) is 1.17. The Kier molecular flexibility index (Phi) is 8.84. The number of carbonyl (C=O) groups excluding carboxylic acids is 1. The fourth-order valence-corrected chi connectivity index (χ4v) is 1.17. The van der Waals surface area contributed by atoms with Crippen LogP contribution in [0.3, 0.4) is 0 Å². The monoisotopic (exact) mass is 236 g/mol. The van der Waals surface area contributed by atoms with E-state index in [0.29, 0.717) is 5.92 Å². The Morgan fingerprint density at radius 1 is 1.18 bits per heavy atom. The molecule has 0 atom stereocenters. The molecule has 3 nitrogen and oxygen atoms in total. The molecule has 0 spiro atoms. The van der Waals surface area contributed by atoms with Crippen LogP contribution in [0, 0.1) is 5.92 Å². The maximum absolute atomic E-state index is 11.4. The van der Waals surface area contributed by atoms with Gasteiger partial charge in [-0.3, -0.25) is 0 Å². The number of nitrogens with one attached hydrogen (secondary N) is 2. The molecule has 1 aromatic carbocycles. The molecule has 0 aromatic heterocycles. The third-order valence-electron chi connectivity index (χ3n) is 2.04. The number of hydrogen-bond acceptors (Lipinski definition) is 1. The predicted octanol–water partition coefficient (Wildman–Crippen LogP) is 3.88. The normalized spacial score (nSPS) is 9.24. The van der Waals surface area contributed by atoms with Gasteiger partial charge in [0.2, 0.25) is 0 Å². The second kappa shape index (κ2) is 9.70. The zero-order valence-corrected chi connectivity index (χ0v) is 11.3. The quantitative estimate of drug-likeness (QED) is 0.818. The molecule has 0 unspecified atom stereocenters. The minimum Gasteiger partial charge on any atom is -0.338 e. The van der Waals surface area contributed by atoms with Crippen molar-refractivity contribution in [3.05, 3.63) is 30.3 Å². The smallest absolute Gasteiger partial charge is 0.319 e. The largest absolute Gasteiger partial charge is 0.338 e. The molecule has 96 valence electrons. The summed E-state index contributed by atoms with van der Waals surface area (Å²) < 4.78 is 0. The van der Waals surface area contributed by atoms with Gasteiger partial charge in [0, 0.05) is 12.2 Å². The van der Waals surface area contributed by atoms with Gasteiger partial charge in [-0.05, 0) is 24.5 Å². The van der Waals surface area contributed by atoms with Crippen molar-refractivity contribution in [2.75, 3.05) is 11.9 Å². The number of urea groups is 1. The lowest BCUT2D eigenvalue weighted by Gasteiger charge is -2.08. The highest BCUT2D eigenvalue weighted by Gasteiger charge is 2.00. The van der Waals surface area contributed by atoms with Crippen molar-refractivity contribution in [1.29, 1.82) is 0 Å². The molecule has 0 saturated heterocycles. The molecule has 0 radical (unpaired) electrons. The minimum absolute atomic E-state index is 0.137. The van der Waals surface area contributed by atoms with E-state index >= 15 is 0 Å². The number of benzene rings is 1. The van der Waals surface area contributed by atoms with Gasteiger partial charge in [0.1, 0.15) is 0 Å². The van der Waals surface area contributed by atoms with Crippen LogP contribution in [0.15, 0.2) is 30.3 Å². The van der Waals surface area contributed by atoms with Gasteiger partial charge in [0.25, 0.3) is 0 Å². The summed E-state index contributed by atoms with van der Waals surface area (Å²) in [4.78, 5) is 11.4. The summed E-state index contributed by atoms with van der Waals surface area (Å²) in [6.07, 6.45) is 1.00. The summed E-state index contributed by atoms with van der Waals surface area (Å²) in [5, 5.41) is 5.58. The zero-order valence-electron chi connectivity index (χ0n) is 11.3. The topological polar surface area (TPSA) is 41.1 Å². The molecule has 0 heterocycles. The summed E-state index contributed by atoms with van der Waals surface area (Å²) in [7, 11) is 0. The van der Waals surface area contributed by atoms with Gasteiger partial charge in [-0.2, -0.15) is 0 Å². The zero-order chi connectivity index (χ0) is 13.1. The van der Waals surface area contributed by atoms with Crippen LogP contribution in [-0.2, 0) is 0 Å². The number of amides is 2. The Morgan fingerprint density at radius 3 is 2.29 bits per heavy atom. The molecule has 17 heavy (non-hydrogen) atoms. The summed E-state index contributed by atoms with van der Waals surface area (Å²) in [5.74, 6) is 0.613. The summed E-state index contributed by atoms with van der Waals surface area (Å²) in [6.45, 7) is 8.99. The van der Waals surface area contributed by atoms with Crippen molar-refractivity contribution < 1.29 is 4.79 Å². The lowest BCUT2D eigenvalue weighted by atomic mass is 10.1. The highest BCUT2D eigenvalue weighted by molar-refractivity contribution is 5.89. The van der Waals surface area contributed by atoms with Crippen molar-refractivity contribution in [1.82, 2.24) is 5.32 Å². The van der Waals surface area contributed by atoms with Crippen LogP contribution in [0.1, 0.15) is 34.1 Å². The van der Waals surface area contributed by atoms with Crippen LogP contribution in [0.5, 0.6) is 0 Å². The Labute approximate surface area is 105 Å². The summed E-state index contributed by atoms with van der Waals surface area (Å²) >= 11 is 0. The van der Waals surface area contributed by atoms with Gasteiger partial charge < -0.3 is 10.6 Å². The molecule has 2 amide bonds. The highest BCUT2D eigenvalue weighted by Crippen LogP contribution is 2.04. The van der Waals surface area contributed by atoms with E-state index in [-0.39, 0.29) is 6.03 Å². The molecular weight excluding hydrogens is 212 g/mol. The number of hydrogen-bond donors (Lipinski definition) is 2. The first kappa shape index (κ1) is 15.5. The van der Waals surface area contributed by atoms with Crippen molar-refractivity contribution >= 4 is 11.7 Å². The van der Waals surface area contributed by atoms with E-state index in [0.717, 1.165) is 18.7 Å². The minimum atomic E-state index is -0.137. The molecular formula is C14H24N2O. The van der Waals surface area contributed by atoms with Crippen LogP contribution in [0.4, 0.5) is 10.5 Å². The van der Waals surface area contributed by atoms with Crippen LogP contribution < -0.4 is 10.6 Å².